The van der Waals surface area contributed by atoms with Gasteiger partial charge in [-0.2, -0.15) is 9.61 Å². The highest BCUT2D eigenvalue weighted by atomic mass is 16.5. The lowest BCUT2D eigenvalue weighted by atomic mass is 9.92. The zero-order valence-electron chi connectivity index (χ0n) is 21.2. The molecule has 6 rings (SSSR count). The Morgan fingerprint density at radius 3 is 2.53 bits per heavy atom. The molecule has 1 N–H and O–H groups in total. The number of nitrogens with one attached hydrogen (secondary N) is 1. The highest BCUT2D eigenvalue weighted by Gasteiger charge is 2.23. The lowest BCUT2D eigenvalue weighted by molar-refractivity contribution is 0.203. The second-order valence-electron chi connectivity index (χ2n) is 9.73. The van der Waals surface area contributed by atoms with E-state index in [-0.39, 0.29) is 0 Å². The molecule has 0 spiro atoms. The first kappa shape index (κ1) is 24.2. The third-order valence-corrected chi connectivity index (χ3v) is 7.00. The number of pyridine rings is 1. The van der Waals surface area contributed by atoms with Crippen molar-refractivity contribution in [1.29, 1.82) is 0 Å². The summed E-state index contributed by atoms with van der Waals surface area (Å²) in [6.07, 6.45) is 7.39. The number of aromatic nitrogens is 4. The van der Waals surface area contributed by atoms with Crippen molar-refractivity contribution in [2.75, 3.05) is 18.4 Å². The number of ether oxygens (including phenoxy) is 1. The summed E-state index contributed by atoms with van der Waals surface area (Å²) in [6, 6.07) is 24.4. The first-order valence-corrected chi connectivity index (χ1v) is 13.0. The van der Waals surface area contributed by atoms with Gasteiger partial charge in [0.25, 0.3) is 0 Å². The number of anilines is 1. The second kappa shape index (κ2) is 11.1. The minimum Gasteiger partial charge on any atom is -0.457 e. The van der Waals surface area contributed by atoms with E-state index in [0.717, 1.165) is 61.1 Å². The van der Waals surface area contributed by atoms with Crippen LogP contribution in [-0.4, -0.2) is 45.4 Å². The van der Waals surface area contributed by atoms with Gasteiger partial charge in [0.1, 0.15) is 30.8 Å². The predicted molar refractivity (Wildman–Crippen MR) is 150 cm³/mol. The normalized spacial score (nSPS) is 14.5. The minimum absolute atomic E-state index is 0.372. The van der Waals surface area contributed by atoms with E-state index in [4.69, 9.17) is 17.6 Å². The lowest BCUT2D eigenvalue weighted by Crippen LogP contribution is -2.32. The summed E-state index contributed by atoms with van der Waals surface area (Å²) in [5.74, 6) is 2.98. The number of benzene rings is 2. The molecule has 3 aromatic heterocycles. The van der Waals surface area contributed by atoms with Crippen molar-refractivity contribution < 1.29 is 4.74 Å². The Balaban J connectivity index is 1.12. The Hall–Kier alpha value is -4.17. The predicted octanol–water partition coefficient (Wildman–Crippen LogP) is 4.70. The Labute approximate surface area is 223 Å². The van der Waals surface area contributed by atoms with Crippen molar-refractivity contribution in [2.24, 2.45) is 0 Å². The molecule has 8 heteroatoms. The number of fused-ring (bicyclic) bond motifs is 1. The molecule has 38 heavy (non-hydrogen) atoms. The molecule has 0 unspecified atom stereocenters. The zero-order chi connectivity index (χ0) is 25.7. The standard InChI is InChI=1S/C30H29BN6O/c31-27-20-34-37-29(33-19-23-7-5-13-32-18-23)17-28(35-30(27)37)24-11-14-36(15-12-24)21-22-6-4-10-26(16-22)38-25-8-2-1-3-9-25/h1-10,13,16-18,20,24,33H,11-12,14-15,19,21H2. The van der Waals surface area contributed by atoms with Crippen molar-refractivity contribution in [3.8, 4) is 11.5 Å². The molecular formula is C30H29BN6O. The van der Waals surface area contributed by atoms with Gasteiger partial charge in [-0.3, -0.25) is 9.88 Å². The van der Waals surface area contributed by atoms with Crippen molar-refractivity contribution in [2.45, 2.75) is 31.8 Å². The smallest absolute Gasteiger partial charge is 0.150 e. The van der Waals surface area contributed by atoms with E-state index >= 15 is 0 Å². The molecule has 4 heterocycles. The Kier molecular flexibility index (Phi) is 7.04. The van der Waals surface area contributed by atoms with Gasteiger partial charge in [-0.1, -0.05) is 36.4 Å². The highest BCUT2D eigenvalue weighted by molar-refractivity contribution is 6.36. The molecule has 0 saturated carbocycles. The second-order valence-corrected chi connectivity index (χ2v) is 9.73. The van der Waals surface area contributed by atoms with E-state index in [1.54, 1.807) is 16.9 Å². The van der Waals surface area contributed by atoms with E-state index in [9.17, 15) is 0 Å². The minimum atomic E-state index is 0.372. The van der Waals surface area contributed by atoms with Crippen LogP contribution >= 0.6 is 0 Å². The first-order chi connectivity index (χ1) is 18.7. The number of hydrogen-bond acceptors (Lipinski definition) is 6. The maximum atomic E-state index is 6.22. The SMILES string of the molecule is [B]c1cnn2c(NCc3cccnc3)cc(C3CCN(Cc4cccc(Oc5ccccc5)c4)CC3)nc12. The molecule has 5 aromatic rings. The number of likely N-dealkylation sites (tertiary alicyclic amines) is 1. The van der Waals surface area contributed by atoms with Crippen LogP contribution in [0.1, 0.15) is 35.6 Å². The molecule has 1 aliphatic rings. The van der Waals surface area contributed by atoms with E-state index in [2.05, 4.69) is 50.6 Å². The summed E-state index contributed by atoms with van der Waals surface area (Å²) in [4.78, 5) is 11.6. The maximum Gasteiger partial charge on any atom is 0.150 e. The number of piperidine rings is 1. The van der Waals surface area contributed by atoms with Crippen molar-refractivity contribution in [3.05, 3.63) is 108 Å². The van der Waals surface area contributed by atoms with Crippen LogP contribution in [0, 0.1) is 0 Å². The lowest BCUT2D eigenvalue weighted by Gasteiger charge is -2.32. The van der Waals surface area contributed by atoms with Gasteiger partial charge in [-0.05, 0) is 72.9 Å². The van der Waals surface area contributed by atoms with Gasteiger partial charge in [0.05, 0.1) is 0 Å². The monoisotopic (exact) mass is 500 g/mol. The molecule has 7 nitrogen and oxygen atoms in total. The van der Waals surface area contributed by atoms with Gasteiger partial charge in [0, 0.05) is 49.4 Å². The molecule has 0 aliphatic carbocycles. The molecule has 1 saturated heterocycles. The van der Waals surface area contributed by atoms with Crippen LogP contribution in [-0.2, 0) is 13.1 Å². The van der Waals surface area contributed by atoms with E-state index in [1.165, 1.54) is 5.56 Å². The average molecular weight is 500 g/mol. The molecule has 188 valence electrons. The Morgan fingerprint density at radius 1 is 0.895 bits per heavy atom. The summed E-state index contributed by atoms with van der Waals surface area (Å²) in [6.45, 7) is 3.57. The highest BCUT2D eigenvalue weighted by Crippen LogP contribution is 2.30. The molecule has 2 aromatic carbocycles. The first-order valence-electron chi connectivity index (χ1n) is 13.0. The van der Waals surface area contributed by atoms with Gasteiger partial charge in [-0.25, -0.2) is 4.98 Å². The summed E-state index contributed by atoms with van der Waals surface area (Å²) in [7, 11) is 6.22. The average Bonchev–Trinajstić information content (AvgIpc) is 3.34. The summed E-state index contributed by atoms with van der Waals surface area (Å²) >= 11 is 0. The number of nitrogens with zero attached hydrogens (tertiary/aromatic N) is 5. The van der Waals surface area contributed by atoms with E-state index in [1.807, 2.05) is 48.7 Å². The number of para-hydroxylation sites is 1. The number of hydrogen-bond donors (Lipinski definition) is 1. The maximum absolute atomic E-state index is 6.22. The topological polar surface area (TPSA) is 67.6 Å². The molecule has 0 atom stereocenters. The van der Waals surface area contributed by atoms with Crippen molar-refractivity contribution in [1.82, 2.24) is 24.5 Å². The summed E-state index contributed by atoms with van der Waals surface area (Å²) in [5.41, 5.74) is 4.72. The van der Waals surface area contributed by atoms with Crippen LogP contribution in [0.25, 0.3) is 5.65 Å². The van der Waals surface area contributed by atoms with Crippen molar-refractivity contribution >= 4 is 24.8 Å². The largest absolute Gasteiger partial charge is 0.457 e. The van der Waals surface area contributed by atoms with Gasteiger partial charge in [0.2, 0.25) is 0 Å². The number of rotatable bonds is 8. The quantitative estimate of drug-likeness (QED) is 0.312. The zero-order valence-corrected chi connectivity index (χ0v) is 21.2. The third-order valence-electron chi connectivity index (χ3n) is 7.00. The fraction of sp³-hybridized carbons (Fsp3) is 0.233. The van der Waals surface area contributed by atoms with Crippen LogP contribution in [0.5, 0.6) is 11.5 Å². The van der Waals surface area contributed by atoms with Gasteiger partial charge in [-0.15, -0.1) is 0 Å². The van der Waals surface area contributed by atoms with Gasteiger partial charge < -0.3 is 10.1 Å². The van der Waals surface area contributed by atoms with Crippen LogP contribution in [0.3, 0.4) is 0 Å². The fourth-order valence-electron chi connectivity index (χ4n) is 5.01. The molecule has 1 fully saturated rings. The molecule has 0 bridgehead atoms. The van der Waals surface area contributed by atoms with Crippen molar-refractivity contribution in [3.63, 3.8) is 0 Å². The summed E-state index contributed by atoms with van der Waals surface area (Å²) < 4.78 is 7.81. The van der Waals surface area contributed by atoms with Crippen LogP contribution in [0.2, 0.25) is 0 Å². The van der Waals surface area contributed by atoms with Gasteiger partial charge in [0.15, 0.2) is 0 Å². The van der Waals surface area contributed by atoms with Gasteiger partial charge >= 0.3 is 0 Å². The van der Waals surface area contributed by atoms with Crippen LogP contribution in [0.4, 0.5) is 5.82 Å². The van der Waals surface area contributed by atoms with E-state index in [0.29, 0.717) is 23.6 Å². The fourth-order valence-corrected chi connectivity index (χ4v) is 5.01. The van der Waals surface area contributed by atoms with E-state index < -0.39 is 0 Å². The van der Waals surface area contributed by atoms with Crippen LogP contribution < -0.4 is 15.5 Å². The molecule has 0 amide bonds. The van der Waals surface area contributed by atoms with Crippen LogP contribution in [0.15, 0.2) is 91.4 Å². The summed E-state index contributed by atoms with van der Waals surface area (Å²) in [5, 5.41) is 7.95. The molecule has 1 aliphatic heterocycles. The molecular weight excluding hydrogens is 471 g/mol. The third kappa shape index (κ3) is 5.55. The Morgan fingerprint density at radius 2 is 1.71 bits per heavy atom. The Bertz CT molecular complexity index is 1500. The molecule has 2 radical (unpaired) electrons.